The molecule has 0 spiro atoms. The molecule has 4 nitrogen and oxygen atoms in total. The number of aliphatic carboxylic acids is 1. The number of rotatable bonds is 4. The number of carboxylic acid groups (broad SMARTS) is 1. The summed E-state index contributed by atoms with van der Waals surface area (Å²) >= 11 is 0. The minimum atomic E-state index is -0.939. The molecule has 1 heterocycles. The molecule has 2 saturated carbocycles. The number of carboxylic acids is 1. The number of likely N-dealkylation sites (tertiary alicyclic amines) is 1. The second-order valence-corrected chi connectivity index (χ2v) is 7.52. The summed E-state index contributed by atoms with van der Waals surface area (Å²) in [6.07, 6.45) is 12.4. The predicted molar refractivity (Wildman–Crippen MR) is 84.2 cm³/mol. The highest BCUT2D eigenvalue weighted by molar-refractivity contribution is 5.72. The summed E-state index contributed by atoms with van der Waals surface area (Å²) in [4.78, 5) is 14.0. The zero-order valence-corrected chi connectivity index (χ0v) is 13.4. The maximum atomic E-state index is 11.2. The topological polar surface area (TPSA) is 64.3 Å². The lowest BCUT2D eigenvalue weighted by Gasteiger charge is -2.38. The fourth-order valence-corrected chi connectivity index (χ4v) is 5.24. The highest BCUT2D eigenvalue weighted by Gasteiger charge is 2.46. The lowest BCUT2D eigenvalue weighted by molar-refractivity contribution is -0.140. The van der Waals surface area contributed by atoms with Crippen molar-refractivity contribution in [3.63, 3.8) is 0 Å². The third-order valence-corrected chi connectivity index (χ3v) is 6.29. The van der Waals surface area contributed by atoms with Crippen LogP contribution in [0.5, 0.6) is 0 Å². The van der Waals surface area contributed by atoms with E-state index in [1.165, 1.54) is 57.8 Å². The molecule has 1 aliphatic heterocycles. The molecule has 1 saturated heterocycles. The summed E-state index contributed by atoms with van der Waals surface area (Å²) in [5, 5.41) is 18.3. The predicted octanol–water partition coefficient (Wildman–Crippen LogP) is 3.42. The first-order chi connectivity index (χ1) is 10.7. The van der Waals surface area contributed by atoms with Crippen molar-refractivity contribution in [2.45, 2.75) is 76.3 Å². The van der Waals surface area contributed by atoms with Crippen LogP contribution in [-0.4, -0.2) is 34.6 Å². The fourth-order valence-electron chi connectivity index (χ4n) is 5.24. The average Bonchev–Trinajstić information content (AvgIpc) is 2.92. The van der Waals surface area contributed by atoms with Crippen molar-refractivity contribution in [1.82, 2.24) is 4.90 Å². The van der Waals surface area contributed by atoms with Gasteiger partial charge in [0.1, 0.15) is 5.92 Å². The zero-order valence-electron chi connectivity index (χ0n) is 13.4. The molecule has 4 heteroatoms. The van der Waals surface area contributed by atoms with Crippen LogP contribution in [0.1, 0.15) is 64.2 Å². The van der Waals surface area contributed by atoms with Crippen LogP contribution in [0.3, 0.4) is 0 Å². The molecule has 0 radical (unpaired) electrons. The molecule has 4 unspecified atom stereocenters. The molecular formula is C18H28N2O2. The standard InChI is InChI=1S/C18H28N2O2/c19-11-13(18(21)22)10-14-12-20(15-6-2-1-3-7-15)17-9-5-4-8-16(14)17/h13-17H,1-10,12H2,(H,21,22). The summed E-state index contributed by atoms with van der Waals surface area (Å²) in [7, 11) is 0. The molecule has 3 fully saturated rings. The van der Waals surface area contributed by atoms with Crippen molar-refractivity contribution in [3.8, 4) is 6.07 Å². The Bertz CT molecular complexity index is 439. The molecule has 0 aromatic heterocycles. The quantitative estimate of drug-likeness (QED) is 0.864. The Morgan fingerprint density at radius 3 is 2.50 bits per heavy atom. The number of hydrogen-bond donors (Lipinski definition) is 1. The molecule has 0 amide bonds. The Hall–Kier alpha value is -1.08. The van der Waals surface area contributed by atoms with Gasteiger partial charge in [-0.15, -0.1) is 0 Å². The van der Waals surface area contributed by atoms with E-state index in [1.807, 2.05) is 6.07 Å². The van der Waals surface area contributed by atoms with Gasteiger partial charge in [-0.2, -0.15) is 5.26 Å². The van der Waals surface area contributed by atoms with Crippen LogP contribution >= 0.6 is 0 Å². The van der Waals surface area contributed by atoms with Gasteiger partial charge in [-0.1, -0.05) is 32.1 Å². The Labute approximate surface area is 133 Å². The third kappa shape index (κ3) is 3.15. The fraction of sp³-hybridized carbons (Fsp3) is 0.889. The molecule has 0 aromatic carbocycles. The van der Waals surface area contributed by atoms with E-state index in [1.54, 1.807) is 0 Å². The molecule has 4 atom stereocenters. The third-order valence-electron chi connectivity index (χ3n) is 6.29. The molecule has 1 N–H and O–H groups in total. The van der Waals surface area contributed by atoms with E-state index in [2.05, 4.69) is 4.90 Å². The smallest absolute Gasteiger partial charge is 0.320 e. The second-order valence-electron chi connectivity index (χ2n) is 7.52. The highest BCUT2D eigenvalue weighted by Crippen LogP contribution is 2.44. The Morgan fingerprint density at radius 1 is 1.14 bits per heavy atom. The van der Waals surface area contributed by atoms with Crippen LogP contribution in [-0.2, 0) is 4.79 Å². The van der Waals surface area contributed by atoms with Crippen LogP contribution < -0.4 is 0 Å². The average molecular weight is 304 g/mol. The molecule has 3 aliphatic rings. The summed E-state index contributed by atoms with van der Waals surface area (Å²) in [5.41, 5.74) is 0. The van der Waals surface area contributed by atoms with Gasteiger partial charge in [0.25, 0.3) is 0 Å². The molecule has 22 heavy (non-hydrogen) atoms. The lowest BCUT2D eigenvalue weighted by Crippen LogP contribution is -2.42. The number of carbonyl (C=O) groups is 1. The minimum Gasteiger partial charge on any atom is -0.480 e. The zero-order chi connectivity index (χ0) is 15.5. The van der Waals surface area contributed by atoms with Gasteiger partial charge < -0.3 is 5.11 Å². The minimum absolute atomic E-state index is 0.410. The number of fused-ring (bicyclic) bond motifs is 1. The van der Waals surface area contributed by atoms with E-state index < -0.39 is 11.9 Å². The summed E-state index contributed by atoms with van der Waals surface area (Å²) < 4.78 is 0. The Kier molecular flexibility index (Phi) is 5.03. The maximum Gasteiger partial charge on any atom is 0.320 e. The van der Waals surface area contributed by atoms with Crippen LogP contribution in [0.2, 0.25) is 0 Å². The monoisotopic (exact) mass is 304 g/mol. The molecule has 0 bridgehead atoms. The highest BCUT2D eigenvalue weighted by atomic mass is 16.4. The van der Waals surface area contributed by atoms with Gasteiger partial charge in [-0.05, 0) is 43.9 Å². The Balaban J connectivity index is 1.71. The summed E-state index contributed by atoms with van der Waals surface area (Å²) in [6.45, 7) is 1.03. The molecule has 0 aromatic rings. The van der Waals surface area contributed by atoms with Crippen LogP contribution in [0, 0.1) is 29.1 Å². The van der Waals surface area contributed by atoms with Gasteiger partial charge in [0.05, 0.1) is 6.07 Å². The van der Waals surface area contributed by atoms with E-state index in [0.717, 1.165) is 12.6 Å². The maximum absolute atomic E-state index is 11.2. The Morgan fingerprint density at radius 2 is 1.82 bits per heavy atom. The van der Waals surface area contributed by atoms with Crippen LogP contribution in [0.4, 0.5) is 0 Å². The molecular weight excluding hydrogens is 276 g/mol. The first kappa shape index (κ1) is 15.8. The first-order valence-electron chi connectivity index (χ1n) is 9.09. The molecule has 2 aliphatic carbocycles. The molecule has 122 valence electrons. The first-order valence-corrected chi connectivity index (χ1v) is 9.09. The normalized spacial score (nSPS) is 34.8. The summed E-state index contributed by atoms with van der Waals surface area (Å²) in [6, 6.07) is 3.38. The van der Waals surface area contributed by atoms with E-state index in [0.29, 0.717) is 24.3 Å². The van der Waals surface area contributed by atoms with Gasteiger partial charge >= 0.3 is 5.97 Å². The van der Waals surface area contributed by atoms with E-state index in [4.69, 9.17) is 5.26 Å². The van der Waals surface area contributed by atoms with Crippen molar-refractivity contribution < 1.29 is 9.90 Å². The largest absolute Gasteiger partial charge is 0.480 e. The van der Waals surface area contributed by atoms with Gasteiger partial charge in [0.15, 0.2) is 0 Å². The lowest BCUT2D eigenvalue weighted by atomic mass is 9.76. The van der Waals surface area contributed by atoms with Crippen molar-refractivity contribution in [1.29, 1.82) is 5.26 Å². The number of nitriles is 1. The van der Waals surface area contributed by atoms with Gasteiger partial charge in [-0.3, -0.25) is 9.69 Å². The van der Waals surface area contributed by atoms with E-state index >= 15 is 0 Å². The van der Waals surface area contributed by atoms with Crippen molar-refractivity contribution in [3.05, 3.63) is 0 Å². The van der Waals surface area contributed by atoms with Crippen LogP contribution in [0.15, 0.2) is 0 Å². The van der Waals surface area contributed by atoms with Gasteiger partial charge in [0.2, 0.25) is 0 Å². The SMILES string of the molecule is N#CC(CC1CN(C2CCCCC2)C2CCCCC12)C(=O)O. The van der Waals surface area contributed by atoms with Crippen molar-refractivity contribution in [2.75, 3.05) is 6.54 Å². The number of nitrogens with zero attached hydrogens (tertiary/aromatic N) is 2. The van der Waals surface area contributed by atoms with Crippen molar-refractivity contribution >= 4 is 5.97 Å². The second kappa shape index (κ2) is 7.00. The van der Waals surface area contributed by atoms with E-state index in [9.17, 15) is 9.90 Å². The van der Waals surface area contributed by atoms with Crippen LogP contribution in [0.25, 0.3) is 0 Å². The summed E-state index contributed by atoms with van der Waals surface area (Å²) in [5.74, 6) is -0.719. The van der Waals surface area contributed by atoms with Gasteiger partial charge in [0, 0.05) is 18.6 Å². The molecule has 3 rings (SSSR count). The van der Waals surface area contributed by atoms with Crippen molar-refractivity contribution in [2.24, 2.45) is 17.8 Å². The number of hydrogen-bond acceptors (Lipinski definition) is 3. The van der Waals surface area contributed by atoms with Gasteiger partial charge in [-0.25, -0.2) is 0 Å². The van der Waals surface area contributed by atoms with E-state index in [-0.39, 0.29) is 0 Å².